The summed E-state index contributed by atoms with van der Waals surface area (Å²) in [4.78, 5) is 42.9. The molecule has 0 unspecified atom stereocenters. The van der Waals surface area contributed by atoms with E-state index in [4.69, 9.17) is 9.47 Å². The van der Waals surface area contributed by atoms with Gasteiger partial charge in [-0.25, -0.2) is 0 Å². The van der Waals surface area contributed by atoms with E-state index < -0.39 is 11.3 Å². The largest absolute Gasteiger partial charge is 0.468 e. The van der Waals surface area contributed by atoms with E-state index in [0.717, 1.165) is 37.8 Å². The SMILES string of the molecule is COC(=O)[C@]12CCCCC3=C1N(CCC3)C(=O)[C@@H]2CC(=O)N1CCOCC1. The molecule has 27 heavy (non-hydrogen) atoms. The zero-order valence-corrected chi connectivity index (χ0v) is 16.0. The molecule has 4 rings (SSSR count). The van der Waals surface area contributed by atoms with Crippen LogP contribution in [0, 0.1) is 11.3 Å². The van der Waals surface area contributed by atoms with Crippen molar-refractivity contribution >= 4 is 17.8 Å². The second-order valence-electron chi connectivity index (χ2n) is 7.97. The highest BCUT2D eigenvalue weighted by Crippen LogP contribution is 2.56. The van der Waals surface area contributed by atoms with Crippen molar-refractivity contribution in [1.82, 2.24) is 9.80 Å². The Kier molecular flexibility index (Phi) is 4.97. The Morgan fingerprint density at radius 2 is 1.89 bits per heavy atom. The number of ether oxygens (including phenoxy) is 2. The molecule has 0 N–H and O–H groups in total. The van der Waals surface area contributed by atoms with Crippen molar-refractivity contribution in [3.63, 3.8) is 0 Å². The van der Waals surface area contributed by atoms with Crippen molar-refractivity contribution in [3.05, 3.63) is 11.3 Å². The van der Waals surface area contributed by atoms with Crippen LogP contribution in [-0.2, 0) is 23.9 Å². The standard InChI is InChI=1S/C20H28N2O5/c1-26-19(25)20-7-3-2-5-14-6-4-8-22(17(14)20)18(24)15(20)13-16(23)21-9-11-27-12-10-21/h15H,2-13H2,1H3/t15-,20-/m0/s1. The molecule has 1 aliphatic carbocycles. The number of rotatable bonds is 3. The molecule has 148 valence electrons. The number of hydrogen-bond acceptors (Lipinski definition) is 5. The van der Waals surface area contributed by atoms with Crippen molar-refractivity contribution < 1.29 is 23.9 Å². The van der Waals surface area contributed by atoms with Crippen LogP contribution in [-0.4, -0.2) is 67.5 Å². The van der Waals surface area contributed by atoms with Crippen molar-refractivity contribution in [2.75, 3.05) is 40.0 Å². The lowest BCUT2D eigenvalue weighted by molar-refractivity contribution is -0.156. The topological polar surface area (TPSA) is 76.2 Å². The molecule has 4 aliphatic rings. The van der Waals surface area contributed by atoms with Crippen LogP contribution in [0.2, 0.25) is 0 Å². The molecular formula is C20H28N2O5. The van der Waals surface area contributed by atoms with Gasteiger partial charge in [0.2, 0.25) is 11.8 Å². The van der Waals surface area contributed by atoms with E-state index in [1.165, 1.54) is 12.7 Å². The Morgan fingerprint density at radius 1 is 1.15 bits per heavy atom. The number of allylic oxidation sites excluding steroid dienone is 1. The summed E-state index contributed by atoms with van der Waals surface area (Å²) < 4.78 is 10.5. The molecule has 0 bridgehead atoms. The highest BCUT2D eigenvalue weighted by molar-refractivity contribution is 5.99. The first kappa shape index (κ1) is 18.5. The van der Waals surface area contributed by atoms with Crippen molar-refractivity contribution in [2.24, 2.45) is 11.3 Å². The zero-order chi connectivity index (χ0) is 19.0. The van der Waals surface area contributed by atoms with Gasteiger partial charge in [-0.2, -0.15) is 0 Å². The lowest BCUT2D eigenvalue weighted by Crippen LogP contribution is -2.45. The van der Waals surface area contributed by atoms with E-state index in [0.29, 0.717) is 39.3 Å². The third kappa shape index (κ3) is 2.87. The molecular weight excluding hydrogens is 348 g/mol. The van der Waals surface area contributed by atoms with Crippen LogP contribution >= 0.6 is 0 Å². The number of carbonyl (C=O) groups excluding carboxylic acids is 3. The lowest BCUT2D eigenvalue weighted by atomic mass is 9.70. The molecule has 2 atom stereocenters. The molecule has 7 nitrogen and oxygen atoms in total. The minimum Gasteiger partial charge on any atom is -0.468 e. The number of hydrogen-bond donors (Lipinski definition) is 0. The summed E-state index contributed by atoms with van der Waals surface area (Å²) >= 11 is 0. The van der Waals surface area contributed by atoms with Crippen LogP contribution in [0.1, 0.15) is 44.9 Å². The maximum Gasteiger partial charge on any atom is 0.318 e. The predicted molar refractivity (Wildman–Crippen MR) is 96.4 cm³/mol. The number of esters is 1. The van der Waals surface area contributed by atoms with E-state index in [9.17, 15) is 14.4 Å². The van der Waals surface area contributed by atoms with Gasteiger partial charge in [-0.1, -0.05) is 6.42 Å². The average Bonchev–Trinajstić information content (AvgIpc) is 2.84. The number of methoxy groups -OCH3 is 1. The molecule has 3 aliphatic heterocycles. The Bertz CT molecular complexity index is 682. The minimum atomic E-state index is -0.986. The van der Waals surface area contributed by atoms with Gasteiger partial charge in [0.25, 0.3) is 0 Å². The van der Waals surface area contributed by atoms with E-state index in [1.807, 2.05) is 0 Å². The first-order valence-electron chi connectivity index (χ1n) is 10.1. The second-order valence-corrected chi connectivity index (χ2v) is 7.97. The van der Waals surface area contributed by atoms with Crippen LogP contribution in [0.3, 0.4) is 0 Å². The zero-order valence-electron chi connectivity index (χ0n) is 16.0. The molecule has 2 saturated heterocycles. The van der Waals surface area contributed by atoms with Gasteiger partial charge < -0.3 is 19.3 Å². The highest BCUT2D eigenvalue weighted by Gasteiger charge is 2.63. The van der Waals surface area contributed by atoms with E-state index in [-0.39, 0.29) is 24.2 Å². The van der Waals surface area contributed by atoms with Crippen LogP contribution < -0.4 is 0 Å². The van der Waals surface area contributed by atoms with Gasteiger partial charge in [-0.3, -0.25) is 14.4 Å². The number of morpholine rings is 1. The monoisotopic (exact) mass is 376 g/mol. The number of nitrogens with zero attached hydrogens (tertiary/aromatic N) is 2. The molecule has 0 spiro atoms. The van der Waals surface area contributed by atoms with Crippen LogP contribution in [0.4, 0.5) is 0 Å². The molecule has 0 saturated carbocycles. The van der Waals surface area contributed by atoms with Gasteiger partial charge in [-0.05, 0) is 37.7 Å². The van der Waals surface area contributed by atoms with Gasteiger partial charge in [-0.15, -0.1) is 0 Å². The van der Waals surface area contributed by atoms with Crippen molar-refractivity contribution in [3.8, 4) is 0 Å². The summed E-state index contributed by atoms with van der Waals surface area (Å²) in [6.45, 7) is 2.77. The molecule has 2 fully saturated rings. The fourth-order valence-electron chi connectivity index (χ4n) is 5.39. The molecule has 7 heteroatoms. The highest BCUT2D eigenvalue weighted by atomic mass is 16.5. The third-order valence-electron chi connectivity index (χ3n) is 6.64. The van der Waals surface area contributed by atoms with Crippen LogP contribution in [0.15, 0.2) is 11.3 Å². The van der Waals surface area contributed by atoms with Crippen LogP contribution in [0.5, 0.6) is 0 Å². The van der Waals surface area contributed by atoms with Gasteiger partial charge >= 0.3 is 5.97 Å². The molecule has 0 aromatic carbocycles. The Hall–Kier alpha value is -1.89. The van der Waals surface area contributed by atoms with Gasteiger partial charge in [0.05, 0.1) is 26.2 Å². The summed E-state index contributed by atoms with van der Waals surface area (Å²) in [5, 5.41) is 0. The number of carbonyl (C=O) groups is 3. The Balaban J connectivity index is 1.73. The first-order chi connectivity index (χ1) is 13.1. The predicted octanol–water partition coefficient (Wildman–Crippen LogP) is 1.47. The molecule has 3 heterocycles. The fourth-order valence-corrected chi connectivity index (χ4v) is 5.39. The van der Waals surface area contributed by atoms with Gasteiger partial charge in [0, 0.05) is 31.8 Å². The normalized spacial score (nSPS) is 30.9. The molecule has 2 amide bonds. The third-order valence-corrected chi connectivity index (χ3v) is 6.64. The summed E-state index contributed by atoms with van der Waals surface area (Å²) in [6, 6.07) is 0. The van der Waals surface area contributed by atoms with Crippen molar-refractivity contribution in [1.29, 1.82) is 0 Å². The van der Waals surface area contributed by atoms with E-state index >= 15 is 0 Å². The summed E-state index contributed by atoms with van der Waals surface area (Å²) in [5.74, 6) is -1.14. The summed E-state index contributed by atoms with van der Waals surface area (Å²) in [7, 11) is 1.39. The maximum atomic E-state index is 13.3. The fraction of sp³-hybridized carbons (Fsp3) is 0.750. The van der Waals surface area contributed by atoms with Crippen LogP contribution in [0.25, 0.3) is 0 Å². The van der Waals surface area contributed by atoms with E-state index in [2.05, 4.69) is 0 Å². The molecule has 0 aromatic heterocycles. The van der Waals surface area contributed by atoms with Gasteiger partial charge in [0.1, 0.15) is 5.41 Å². The minimum absolute atomic E-state index is 0.0637. The average molecular weight is 376 g/mol. The molecule has 0 aromatic rings. The maximum absolute atomic E-state index is 13.3. The number of amides is 2. The first-order valence-corrected chi connectivity index (χ1v) is 10.1. The summed E-state index contributed by atoms with van der Waals surface area (Å²) in [5.41, 5.74) is 1.11. The smallest absolute Gasteiger partial charge is 0.318 e. The van der Waals surface area contributed by atoms with Gasteiger partial charge in [0.15, 0.2) is 0 Å². The lowest BCUT2D eigenvalue weighted by Gasteiger charge is -2.35. The van der Waals surface area contributed by atoms with E-state index in [1.54, 1.807) is 9.80 Å². The van der Waals surface area contributed by atoms with Crippen molar-refractivity contribution in [2.45, 2.75) is 44.9 Å². The second kappa shape index (κ2) is 7.26. The quantitative estimate of drug-likeness (QED) is 0.698. The summed E-state index contributed by atoms with van der Waals surface area (Å²) in [6.07, 6.45) is 5.33. The Morgan fingerprint density at radius 3 is 2.63 bits per heavy atom. The Labute approximate surface area is 159 Å². The molecule has 0 radical (unpaired) electrons.